The molecule has 3 nitrogen and oxygen atoms in total. The largest absolute Gasteiger partial charge is 0.481 e. The highest BCUT2D eigenvalue weighted by atomic mass is 16.4. The summed E-state index contributed by atoms with van der Waals surface area (Å²) in [5, 5.41) is 9.03. The molecule has 1 N–H and O–H groups in total. The fraction of sp³-hybridized carbons (Fsp3) is 0.933. The lowest BCUT2D eigenvalue weighted by Gasteiger charge is -2.34. The van der Waals surface area contributed by atoms with Gasteiger partial charge in [-0.3, -0.25) is 9.69 Å². The molecular formula is C15H29NO2. The number of unbranched alkanes of at least 4 members (excludes halogenated alkanes) is 4. The molecular weight excluding hydrogens is 226 g/mol. The van der Waals surface area contributed by atoms with E-state index in [0.29, 0.717) is 6.42 Å². The third kappa shape index (κ3) is 6.39. The molecule has 1 saturated heterocycles. The zero-order valence-corrected chi connectivity index (χ0v) is 11.9. The smallest absolute Gasteiger partial charge is 0.304 e. The van der Waals surface area contributed by atoms with Crippen LogP contribution in [0.2, 0.25) is 0 Å². The predicted molar refractivity (Wildman–Crippen MR) is 74.8 cm³/mol. The first-order valence-corrected chi connectivity index (χ1v) is 7.70. The summed E-state index contributed by atoms with van der Waals surface area (Å²) in [6.45, 7) is 4.43. The number of nitrogens with zero attached hydrogens (tertiary/aromatic N) is 1. The van der Waals surface area contributed by atoms with Gasteiger partial charge < -0.3 is 5.11 Å². The fourth-order valence-electron chi connectivity index (χ4n) is 2.88. The highest BCUT2D eigenvalue weighted by molar-refractivity contribution is 5.67. The summed E-state index contributed by atoms with van der Waals surface area (Å²) in [5.41, 5.74) is 0. The van der Waals surface area contributed by atoms with E-state index in [0.717, 1.165) is 19.5 Å². The molecule has 1 unspecified atom stereocenters. The molecule has 0 aliphatic carbocycles. The topological polar surface area (TPSA) is 40.5 Å². The van der Waals surface area contributed by atoms with Crippen molar-refractivity contribution >= 4 is 5.97 Å². The first kappa shape index (κ1) is 15.5. The molecule has 0 bridgehead atoms. The molecule has 1 aliphatic rings. The van der Waals surface area contributed by atoms with Crippen LogP contribution >= 0.6 is 0 Å². The molecule has 0 aromatic rings. The Morgan fingerprint density at radius 1 is 1.11 bits per heavy atom. The van der Waals surface area contributed by atoms with E-state index in [-0.39, 0.29) is 6.04 Å². The van der Waals surface area contributed by atoms with E-state index in [1.165, 1.54) is 51.4 Å². The van der Waals surface area contributed by atoms with Crippen molar-refractivity contribution in [1.29, 1.82) is 0 Å². The van der Waals surface area contributed by atoms with Crippen LogP contribution in [0, 0.1) is 0 Å². The van der Waals surface area contributed by atoms with Gasteiger partial charge in [-0.25, -0.2) is 0 Å². The molecule has 1 heterocycles. The van der Waals surface area contributed by atoms with Crippen molar-refractivity contribution in [2.45, 2.75) is 77.2 Å². The second-order valence-corrected chi connectivity index (χ2v) is 5.55. The van der Waals surface area contributed by atoms with Gasteiger partial charge in [-0.1, -0.05) is 45.4 Å². The number of piperidine rings is 1. The average Bonchev–Trinajstić information content (AvgIpc) is 2.38. The maximum Gasteiger partial charge on any atom is 0.304 e. The molecule has 0 saturated carbocycles. The van der Waals surface area contributed by atoms with Crippen molar-refractivity contribution in [1.82, 2.24) is 4.90 Å². The van der Waals surface area contributed by atoms with Crippen molar-refractivity contribution in [3.05, 3.63) is 0 Å². The third-order valence-electron chi connectivity index (χ3n) is 3.96. The highest BCUT2D eigenvalue weighted by Crippen LogP contribution is 2.19. The molecule has 18 heavy (non-hydrogen) atoms. The molecule has 3 heteroatoms. The summed E-state index contributed by atoms with van der Waals surface area (Å²) < 4.78 is 0. The van der Waals surface area contributed by atoms with Crippen molar-refractivity contribution < 1.29 is 9.90 Å². The second kappa shape index (κ2) is 9.37. The van der Waals surface area contributed by atoms with E-state index < -0.39 is 5.97 Å². The van der Waals surface area contributed by atoms with Crippen LogP contribution < -0.4 is 0 Å². The lowest BCUT2D eigenvalue weighted by atomic mass is 10.00. The summed E-state index contributed by atoms with van der Waals surface area (Å²) in [6.07, 6.45) is 11.5. The number of carboxylic acids is 1. The Labute approximate surface area is 112 Å². The standard InChI is InChI=1S/C15H29NO2/c1-2-3-4-5-7-10-14(13-15(17)18)16-11-8-6-9-12-16/h14H,2-13H2,1H3,(H,17,18). The van der Waals surface area contributed by atoms with Crippen LogP contribution in [0.4, 0.5) is 0 Å². The minimum atomic E-state index is -0.640. The lowest BCUT2D eigenvalue weighted by Crippen LogP contribution is -2.40. The summed E-state index contributed by atoms with van der Waals surface area (Å²) in [6, 6.07) is 0.282. The Morgan fingerprint density at radius 2 is 1.78 bits per heavy atom. The summed E-state index contributed by atoms with van der Waals surface area (Å²) >= 11 is 0. The summed E-state index contributed by atoms with van der Waals surface area (Å²) in [4.78, 5) is 13.4. The lowest BCUT2D eigenvalue weighted by molar-refractivity contribution is -0.138. The predicted octanol–water partition coefficient (Wildman–Crippen LogP) is 3.68. The van der Waals surface area contributed by atoms with Crippen LogP contribution in [0.25, 0.3) is 0 Å². The number of carbonyl (C=O) groups is 1. The van der Waals surface area contributed by atoms with E-state index >= 15 is 0 Å². The van der Waals surface area contributed by atoms with Gasteiger partial charge in [-0.05, 0) is 32.4 Å². The number of likely N-dealkylation sites (tertiary alicyclic amines) is 1. The first-order chi connectivity index (χ1) is 8.74. The van der Waals surface area contributed by atoms with Crippen LogP contribution in [0.3, 0.4) is 0 Å². The number of hydrogen-bond donors (Lipinski definition) is 1. The second-order valence-electron chi connectivity index (χ2n) is 5.55. The molecule has 1 fully saturated rings. The molecule has 1 atom stereocenters. The quantitative estimate of drug-likeness (QED) is 0.639. The van der Waals surface area contributed by atoms with Crippen molar-refractivity contribution in [2.75, 3.05) is 13.1 Å². The first-order valence-electron chi connectivity index (χ1n) is 7.70. The van der Waals surface area contributed by atoms with Crippen LogP contribution in [-0.2, 0) is 4.79 Å². The summed E-state index contributed by atoms with van der Waals surface area (Å²) in [5.74, 6) is -0.640. The Hall–Kier alpha value is -0.570. The number of rotatable bonds is 9. The number of carboxylic acid groups (broad SMARTS) is 1. The van der Waals surface area contributed by atoms with Gasteiger partial charge in [0, 0.05) is 6.04 Å². The Morgan fingerprint density at radius 3 is 2.39 bits per heavy atom. The highest BCUT2D eigenvalue weighted by Gasteiger charge is 2.22. The third-order valence-corrected chi connectivity index (χ3v) is 3.96. The zero-order chi connectivity index (χ0) is 13.2. The molecule has 0 radical (unpaired) electrons. The van der Waals surface area contributed by atoms with Crippen LogP contribution in [0.1, 0.15) is 71.1 Å². The van der Waals surface area contributed by atoms with Crippen LogP contribution in [0.15, 0.2) is 0 Å². The van der Waals surface area contributed by atoms with Gasteiger partial charge in [0.05, 0.1) is 6.42 Å². The molecule has 0 amide bonds. The molecule has 0 aromatic heterocycles. The Bertz CT molecular complexity index is 225. The van der Waals surface area contributed by atoms with Crippen molar-refractivity contribution in [3.63, 3.8) is 0 Å². The Kier molecular flexibility index (Phi) is 8.06. The number of aliphatic carboxylic acids is 1. The van der Waals surface area contributed by atoms with E-state index in [2.05, 4.69) is 11.8 Å². The van der Waals surface area contributed by atoms with Gasteiger partial charge in [-0.15, -0.1) is 0 Å². The number of hydrogen-bond acceptors (Lipinski definition) is 2. The Balaban J connectivity index is 2.27. The van der Waals surface area contributed by atoms with Gasteiger partial charge in [0.1, 0.15) is 0 Å². The zero-order valence-electron chi connectivity index (χ0n) is 11.9. The maximum atomic E-state index is 11.0. The van der Waals surface area contributed by atoms with Gasteiger partial charge in [0.2, 0.25) is 0 Å². The van der Waals surface area contributed by atoms with Gasteiger partial charge in [0.25, 0.3) is 0 Å². The monoisotopic (exact) mass is 255 g/mol. The molecule has 1 rings (SSSR count). The van der Waals surface area contributed by atoms with Crippen LogP contribution in [0.5, 0.6) is 0 Å². The van der Waals surface area contributed by atoms with Crippen molar-refractivity contribution in [3.8, 4) is 0 Å². The fourth-order valence-corrected chi connectivity index (χ4v) is 2.88. The van der Waals surface area contributed by atoms with Crippen molar-refractivity contribution in [2.24, 2.45) is 0 Å². The van der Waals surface area contributed by atoms with Gasteiger partial charge in [0.15, 0.2) is 0 Å². The summed E-state index contributed by atoms with van der Waals surface area (Å²) in [7, 11) is 0. The van der Waals surface area contributed by atoms with Gasteiger partial charge in [-0.2, -0.15) is 0 Å². The minimum absolute atomic E-state index is 0.282. The molecule has 0 spiro atoms. The average molecular weight is 255 g/mol. The van der Waals surface area contributed by atoms with Gasteiger partial charge >= 0.3 is 5.97 Å². The molecule has 0 aromatic carbocycles. The van der Waals surface area contributed by atoms with E-state index in [1.54, 1.807) is 0 Å². The SMILES string of the molecule is CCCCCCCC(CC(=O)O)N1CCCCC1. The normalized spacial score (nSPS) is 18.7. The van der Waals surface area contributed by atoms with E-state index in [4.69, 9.17) is 5.11 Å². The van der Waals surface area contributed by atoms with Crippen LogP contribution in [-0.4, -0.2) is 35.1 Å². The molecule has 1 aliphatic heterocycles. The minimum Gasteiger partial charge on any atom is -0.481 e. The maximum absolute atomic E-state index is 11.0. The molecule has 106 valence electrons. The van der Waals surface area contributed by atoms with E-state index in [1.807, 2.05) is 0 Å². The van der Waals surface area contributed by atoms with E-state index in [9.17, 15) is 4.79 Å².